The maximum Gasteiger partial charge on any atom is 0.256 e. The van der Waals surface area contributed by atoms with Gasteiger partial charge in [0.05, 0.1) is 32.3 Å². The van der Waals surface area contributed by atoms with Crippen LogP contribution in [0.5, 0.6) is 0 Å². The molecule has 156 valence electrons. The molecular weight excluding hydrogens is 437 g/mol. The third kappa shape index (κ3) is 4.10. The first-order chi connectivity index (χ1) is 15.0. The maximum absolute atomic E-state index is 12.5. The van der Waals surface area contributed by atoms with E-state index < -0.39 is 0 Å². The van der Waals surface area contributed by atoms with Crippen LogP contribution in [-0.4, -0.2) is 27.3 Å². The molecule has 0 aliphatic carbocycles. The van der Waals surface area contributed by atoms with Crippen LogP contribution in [0.3, 0.4) is 0 Å². The van der Waals surface area contributed by atoms with Crippen LogP contribution < -0.4 is 10.9 Å². The second kappa shape index (κ2) is 8.75. The topological polar surface area (TPSA) is 92.3 Å². The number of pyridine rings is 3. The number of rotatable bonds is 6. The predicted molar refractivity (Wildman–Crippen MR) is 126 cm³/mol. The van der Waals surface area contributed by atoms with Crippen LogP contribution in [0.15, 0.2) is 65.5 Å². The highest BCUT2D eigenvalue weighted by Crippen LogP contribution is 2.36. The average molecular weight is 454 g/mol. The number of hydrogen-bond acceptors (Lipinski definition) is 6. The van der Waals surface area contributed by atoms with E-state index in [2.05, 4.69) is 32.0 Å². The zero-order valence-corrected chi connectivity index (χ0v) is 18.0. The normalized spacial score (nSPS) is 11.6. The quantitative estimate of drug-likeness (QED) is 0.133. The molecule has 2 N–H and O–H groups in total. The molecule has 0 atom stereocenters. The summed E-state index contributed by atoms with van der Waals surface area (Å²) in [5.74, 6) is 0.455. The van der Waals surface area contributed by atoms with E-state index in [0.29, 0.717) is 61.1 Å². The maximum atomic E-state index is 12.5. The number of oxime groups is 1. The van der Waals surface area contributed by atoms with Gasteiger partial charge in [0.15, 0.2) is 0 Å². The molecule has 0 aliphatic rings. The summed E-state index contributed by atoms with van der Waals surface area (Å²) in [4.78, 5) is 29.1. The van der Waals surface area contributed by atoms with Gasteiger partial charge in [0.2, 0.25) is 0 Å². The molecule has 0 aliphatic heterocycles. The van der Waals surface area contributed by atoms with Crippen molar-refractivity contribution in [1.82, 2.24) is 15.0 Å². The minimum Gasteiger partial charge on any atom is -0.391 e. The van der Waals surface area contributed by atoms with Crippen molar-refractivity contribution < 1.29 is 4.84 Å². The molecule has 0 fully saturated rings. The SMILES string of the molecule is C=CCO/N=C(\C)c1cc(Cl)c(Nc2nc3ccncc3c3c(=O)[nH]ccc23)c(Cl)c1. The van der Waals surface area contributed by atoms with Crippen LogP contribution in [0.2, 0.25) is 10.0 Å². The number of aromatic nitrogens is 3. The van der Waals surface area contributed by atoms with Crippen molar-refractivity contribution in [2.75, 3.05) is 11.9 Å². The third-order valence-electron chi connectivity index (χ3n) is 4.61. The van der Waals surface area contributed by atoms with Gasteiger partial charge < -0.3 is 15.1 Å². The lowest BCUT2D eigenvalue weighted by atomic mass is 10.1. The number of hydrogen-bond donors (Lipinski definition) is 2. The third-order valence-corrected chi connectivity index (χ3v) is 5.21. The van der Waals surface area contributed by atoms with Crippen LogP contribution in [0.1, 0.15) is 12.5 Å². The van der Waals surface area contributed by atoms with Crippen molar-refractivity contribution >= 4 is 62.1 Å². The second-order valence-corrected chi connectivity index (χ2v) is 7.46. The van der Waals surface area contributed by atoms with Gasteiger partial charge in [-0.15, -0.1) is 0 Å². The Kier molecular flexibility index (Phi) is 5.88. The van der Waals surface area contributed by atoms with Gasteiger partial charge in [0.25, 0.3) is 5.56 Å². The van der Waals surface area contributed by atoms with Gasteiger partial charge >= 0.3 is 0 Å². The lowest BCUT2D eigenvalue weighted by molar-refractivity contribution is 0.175. The molecule has 0 unspecified atom stereocenters. The second-order valence-electron chi connectivity index (χ2n) is 6.65. The largest absolute Gasteiger partial charge is 0.391 e. The highest BCUT2D eigenvalue weighted by molar-refractivity contribution is 6.40. The van der Waals surface area contributed by atoms with E-state index in [9.17, 15) is 4.79 Å². The van der Waals surface area contributed by atoms with Crippen LogP contribution in [0.4, 0.5) is 11.5 Å². The average Bonchev–Trinajstić information content (AvgIpc) is 2.76. The number of nitrogens with zero attached hydrogens (tertiary/aromatic N) is 3. The van der Waals surface area contributed by atoms with Crippen molar-refractivity contribution in [2.45, 2.75) is 6.92 Å². The fraction of sp³-hybridized carbons (Fsp3) is 0.0909. The van der Waals surface area contributed by atoms with Gasteiger partial charge in [0.1, 0.15) is 12.4 Å². The van der Waals surface area contributed by atoms with Crippen LogP contribution >= 0.6 is 23.2 Å². The highest BCUT2D eigenvalue weighted by atomic mass is 35.5. The Bertz CT molecular complexity index is 1380. The van der Waals surface area contributed by atoms with Crippen molar-refractivity contribution in [2.24, 2.45) is 5.16 Å². The molecule has 3 heterocycles. The Morgan fingerprint density at radius 3 is 2.81 bits per heavy atom. The minimum absolute atomic E-state index is 0.236. The molecule has 0 saturated heterocycles. The van der Waals surface area contributed by atoms with E-state index in [0.717, 1.165) is 0 Å². The lowest BCUT2D eigenvalue weighted by Crippen LogP contribution is -2.08. The Hall–Kier alpha value is -3.42. The van der Waals surface area contributed by atoms with E-state index >= 15 is 0 Å². The van der Waals surface area contributed by atoms with Gasteiger partial charge in [-0.2, -0.15) is 0 Å². The summed E-state index contributed by atoms with van der Waals surface area (Å²) in [6, 6.07) is 6.96. The molecule has 0 amide bonds. The van der Waals surface area contributed by atoms with Crippen molar-refractivity contribution in [3.05, 3.63) is 81.5 Å². The lowest BCUT2D eigenvalue weighted by Gasteiger charge is -2.14. The Labute approximate surface area is 187 Å². The smallest absolute Gasteiger partial charge is 0.256 e. The van der Waals surface area contributed by atoms with E-state index in [1.165, 1.54) is 0 Å². The van der Waals surface area contributed by atoms with Gasteiger partial charge in [-0.1, -0.05) is 41.0 Å². The summed E-state index contributed by atoms with van der Waals surface area (Å²) in [7, 11) is 0. The summed E-state index contributed by atoms with van der Waals surface area (Å²) in [6.45, 7) is 5.67. The van der Waals surface area contributed by atoms with Gasteiger partial charge in [-0.05, 0) is 31.2 Å². The molecular formula is C22H17Cl2N5O2. The van der Waals surface area contributed by atoms with E-state index in [1.54, 1.807) is 55.9 Å². The van der Waals surface area contributed by atoms with E-state index in [1.807, 2.05) is 0 Å². The van der Waals surface area contributed by atoms with Crippen LogP contribution in [-0.2, 0) is 4.84 Å². The van der Waals surface area contributed by atoms with Crippen LogP contribution in [0.25, 0.3) is 21.7 Å². The van der Waals surface area contributed by atoms with Gasteiger partial charge in [-0.25, -0.2) is 4.98 Å². The number of nitrogens with one attached hydrogen (secondary N) is 2. The number of anilines is 2. The number of fused-ring (bicyclic) bond motifs is 3. The standard InChI is InChI=1S/C22H17Cl2N5O2/c1-3-8-31-29-12(2)13-9-16(23)20(17(24)10-13)28-21-14-4-7-26-22(30)19(14)15-11-25-6-5-18(15)27-21/h3-7,9-11H,1,8H2,2H3,(H,26,30)(H,27,28)/b29-12+. The summed E-state index contributed by atoms with van der Waals surface area (Å²) in [6.07, 6.45) is 6.41. The predicted octanol–water partition coefficient (Wildman–Crippen LogP) is 5.45. The molecule has 7 nitrogen and oxygen atoms in total. The molecule has 3 aromatic heterocycles. The Morgan fingerprint density at radius 2 is 2.06 bits per heavy atom. The molecule has 9 heteroatoms. The minimum atomic E-state index is -0.236. The molecule has 4 rings (SSSR count). The van der Waals surface area contributed by atoms with E-state index in [4.69, 9.17) is 28.0 Å². The molecule has 0 radical (unpaired) electrons. The zero-order chi connectivity index (χ0) is 22.0. The zero-order valence-electron chi connectivity index (χ0n) is 16.4. The molecule has 1 aromatic carbocycles. The number of aromatic amines is 1. The van der Waals surface area contributed by atoms with Gasteiger partial charge in [0, 0.05) is 34.9 Å². The monoisotopic (exact) mass is 453 g/mol. The Morgan fingerprint density at radius 1 is 1.29 bits per heavy atom. The molecule has 0 bridgehead atoms. The van der Waals surface area contributed by atoms with Crippen molar-refractivity contribution in [1.29, 1.82) is 0 Å². The molecule has 4 aromatic rings. The fourth-order valence-electron chi connectivity index (χ4n) is 3.16. The molecule has 0 spiro atoms. The first-order valence-electron chi connectivity index (χ1n) is 9.28. The first kappa shape index (κ1) is 20.8. The van der Waals surface area contributed by atoms with Crippen molar-refractivity contribution in [3.8, 4) is 0 Å². The molecule has 31 heavy (non-hydrogen) atoms. The number of benzene rings is 1. The Balaban J connectivity index is 1.81. The summed E-state index contributed by atoms with van der Waals surface area (Å²) < 4.78 is 0. The summed E-state index contributed by atoms with van der Waals surface area (Å²) in [5.41, 5.74) is 2.18. The first-order valence-corrected chi connectivity index (χ1v) is 10.0. The van der Waals surface area contributed by atoms with E-state index in [-0.39, 0.29) is 5.56 Å². The van der Waals surface area contributed by atoms with Crippen LogP contribution in [0, 0.1) is 0 Å². The number of H-pyrrole nitrogens is 1. The number of halogens is 2. The van der Waals surface area contributed by atoms with Crippen molar-refractivity contribution in [3.63, 3.8) is 0 Å². The summed E-state index contributed by atoms with van der Waals surface area (Å²) in [5, 5.41) is 9.70. The highest BCUT2D eigenvalue weighted by Gasteiger charge is 2.15. The summed E-state index contributed by atoms with van der Waals surface area (Å²) >= 11 is 13.1. The molecule has 0 saturated carbocycles. The van der Waals surface area contributed by atoms with Gasteiger partial charge in [-0.3, -0.25) is 9.78 Å². The fourth-order valence-corrected chi connectivity index (χ4v) is 3.74.